The van der Waals surface area contributed by atoms with Crippen molar-refractivity contribution in [3.05, 3.63) is 65.2 Å². The molecule has 0 radical (unpaired) electrons. The van der Waals surface area contributed by atoms with E-state index in [1.807, 2.05) is 24.3 Å². The first-order valence-electron chi connectivity index (χ1n) is 6.71. The number of pyridine rings is 1. The van der Waals surface area contributed by atoms with Gasteiger partial charge < -0.3 is 5.32 Å². The van der Waals surface area contributed by atoms with Gasteiger partial charge in [0.2, 0.25) is 0 Å². The maximum Gasteiger partial charge on any atom is 0.127 e. The molecule has 1 aliphatic rings. The Balaban J connectivity index is 1.67. The molecule has 98 valence electrons. The molecule has 19 heavy (non-hydrogen) atoms. The Morgan fingerprint density at radius 3 is 2.58 bits per heavy atom. The number of hydrogen-bond donors (Lipinski definition) is 1. The van der Waals surface area contributed by atoms with E-state index in [4.69, 9.17) is 0 Å². The van der Waals surface area contributed by atoms with Crippen LogP contribution in [0.15, 0.2) is 42.7 Å². The van der Waals surface area contributed by atoms with Gasteiger partial charge in [-0.1, -0.05) is 12.1 Å². The number of hydrogen-bond acceptors (Lipinski definition) is 2. The summed E-state index contributed by atoms with van der Waals surface area (Å²) < 4.78 is 14.0. The van der Waals surface area contributed by atoms with Gasteiger partial charge >= 0.3 is 0 Å². The second-order valence-corrected chi connectivity index (χ2v) is 5.11. The Bertz CT molecular complexity index is 550. The number of aromatic nitrogens is 1. The van der Waals surface area contributed by atoms with Gasteiger partial charge in [0.05, 0.1) is 0 Å². The molecule has 0 unspecified atom stereocenters. The standard InChI is InChI=1S/C16H17FN2/c17-16-10-13(9-12-5-7-18-8-6-12)1-2-14(16)11-19-15-3-4-15/h1-2,5-8,10,15,19H,3-4,9,11H2. The van der Waals surface area contributed by atoms with Gasteiger partial charge in [-0.3, -0.25) is 4.98 Å². The fourth-order valence-electron chi connectivity index (χ4n) is 2.12. The summed E-state index contributed by atoms with van der Waals surface area (Å²) in [5.74, 6) is -0.111. The molecule has 1 saturated carbocycles. The van der Waals surface area contributed by atoms with Crippen LogP contribution < -0.4 is 5.32 Å². The Kier molecular flexibility index (Phi) is 3.56. The van der Waals surface area contributed by atoms with E-state index >= 15 is 0 Å². The minimum absolute atomic E-state index is 0.111. The van der Waals surface area contributed by atoms with Gasteiger partial charge in [-0.25, -0.2) is 4.39 Å². The second-order valence-electron chi connectivity index (χ2n) is 5.11. The summed E-state index contributed by atoms with van der Waals surface area (Å²) in [6, 6.07) is 10.1. The van der Waals surface area contributed by atoms with E-state index < -0.39 is 0 Å². The highest BCUT2D eigenvalue weighted by Gasteiger charge is 2.20. The number of nitrogens with one attached hydrogen (secondary N) is 1. The molecule has 0 spiro atoms. The van der Waals surface area contributed by atoms with Crippen molar-refractivity contribution in [1.29, 1.82) is 0 Å². The van der Waals surface area contributed by atoms with E-state index in [1.165, 1.54) is 12.8 Å². The first-order valence-corrected chi connectivity index (χ1v) is 6.71. The topological polar surface area (TPSA) is 24.9 Å². The summed E-state index contributed by atoms with van der Waals surface area (Å²) in [6.07, 6.45) is 6.72. The van der Waals surface area contributed by atoms with Gasteiger partial charge in [0.1, 0.15) is 5.82 Å². The molecule has 1 fully saturated rings. The van der Waals surface area contributed by atoms with Crippen LogP contribution in [0.25, 0.3) is 0 Å². The smallest absolute Gasteiger partial charge is 0.127 e. The fourth-order valence-corrected chi connectivity index (χ4v) is 2.12. The zero-order valence-corrected chi connectivity index (χ0v) is 10.8. The summed E-state index contributed by atoms with van der Waals surface area (Å²) in [5.41, 5.74) is 2.91. The SMILES string of the molecule is Fc1cc(Cc2ccncc2)ccc1CNC1CC1. The van der Waals surface area contributed by atoms with Crippen LogP contribution in [0, 0.1) is 5.82 Å². The van der Waals surface area contributed by atoms with Gasteiger partial charge in [0.15, 0.2) is 0 Å². The molecule has 2 nitrogen and oxygen atoms in total. The molecular formula is C16H17FN2. The van der Waals surface area contributed by atoms with Gasteiger partial charge in [0.25, 0.3) is 0 Å². The largest absolute Gasteiger partial charge is 0.310 e. The zero-order valence-electron chi connectivity index (χ0n) is 10.8. The van der Waals surface area contributed by atoms with E-state index in [0.29, 0.717) is 12.6 Å². The minimum atomic E-state index is -0.111. The molecule has 3 heteroatoms. The molecule has 1 N–H and O–H groups in total. The fraction of sp³-hybridized carbons (Fsp3) is 0.312. The summed E-state index contributed by atoms with van der Waals surface area (Å²) in [6.45, 7) is 0.631. The van der Waals surface area contributed by atoms with Crippen LogP contribution in [0.4, 0.5) is 4.39 Å². The van der Waals surface area contributed by atoms with Crippen molar-refractivity contribution >= 4 is 0 Å². The highest BCUT2D eigenvalue weighted by molar-refractivity contribution is 5.29. The van der Waals surface area contributed by atoms with Gasteiger partial charge in [-0.15, -0.1) is 0 Å². The average molecular weight is 256 g/mol. The Labute approximate surface area is 112 Å². The molecule has 0 aliphatic heterocycles. The molecule has 0 saturated heterocycles. The number of nitrogens with zero attached hydrogens (tertiary/aromatic N) is 1. The summed E-state index contributed by atoms with van der Waals surface area (Å²) in [4.78, 5) is 3.98. The van der Waals surface area contributed by atoms with Gasteiger partial charge in [0, 0.05) is 30.5 Å². The first-order chi connectivity index (χ1) is 9.31. The van der Waals surface area contributed by atoms with Crippen LogP contribution in [-0.2, 0) is 13.0 Å². The van der Waals surface area contributed by atoms with Crippen molar-refractivity contribution in [3.63, 3.8) is 0 Å². The maximum absolute atomic E-state index is 14.0. The third-order valence-electron chi connectivity index (χ3n) is 3.43. The molecule has 0 bridgehead atoms. The van der Waals surface area contributed by atoms with Crippen molar-refractivity contribution in [2.24, 2.45) is 0 Å². The lowest BCUT2D eigenvalue weighted by Crippen LogP contribution is -2.16. The number of benzene rings is 1. The lowest BCUT2D eigenvalue weighted by atomic mass is 10.0. The Morgan fingerprint density at radius 1 is 1.11 bits per heavy atom. The van der Waals surface area contributed by atoms with E-state index in [1.54, 1.807) is 18.5 Å². The molecule has 1 heterocycles. The van der Waals surface area contributed by atoms with Gasteiger partial charge in [-0.05, 0) is 48.6 Å². The normalized spacial score (nSPS) is 14.6. The predicted octanol–water partition coefficient (Wildman–Crippen LogP) is 3.06. The van der Waals surface area contributed by atoms with E-state index in [9.17, 15) is 4.39 Å². The van der Waals surface area contributed by atoms with E-state index in [0.717, 1.165) is 23.1 Å². The van der Waals surface area contributed by atoms with Crippen LogP contribution in [-0.4, -0.2) is 11.0 Å². The van der Waals surface area contributed by atoms with Crippen molar-refractivity contribution in [2.75, 3.05) is 0 Å². The molecule has 0 amide bonds. The average Bonchev–Trinajstić information content (AvgIpc) is 3.23. The van der Waals surface area contributed by atoms with E-state index in [-0.39, 0.29) is 5.82 Å². The van der Waals surface area contributed by atoms with Crippen molar-refractivity contribution in [3.8, 4) is 0 Å². The van der Waals surface area contributed by atoms with Crippen molar-refractivity contribution in [1.82, 2.24) is 10.3 Å². The quantitative estimate of drug-likeness (QED) is 0.889. The highest BCUT2D eigenvalue weighted by atomic mass is 19.1. The van der Waals surface area contributed by atoms with Crippen LogP contribution in [0.2, 0.25) is 0 Å². The molecule has 2 aromatic rings. The predicted molar refractivity (Wildman–Crippen MR) is 73.3 cm³/mol. The molecule has 0 atom stereocenters. The molecule has 3 rings (SSSR count). The number of halogens is 1. The summed E-state index contributed by atoms with van der Waals surface area (Å²) in [5, 5.41) is 3.33. The third kappa shape index (κ3) is 3.38. The summed E-state index contributed by atoms with van der Waals surface area (Å²) >= 11 is 0. The minimum Gasteiger partial charge on any atom is -0.310 e. The van der Waals surface area contributed by atoms with Gasteiger partial charge in [-0.2, -0.15) is 0 Å². The monoisotopic (exact) mass is 256 g/mol. The molecule has 1 aromatic heterocycles. The van der Waals surface area contributed by atoms with Crippen LogP contribution in [0.3, 0.4) is 0 Å². The van der Waals surface area contributed by atoms with Crippen molar-refractivity contribution in [2.45, 2.75) is 31.8 Å². The lowest BCUT2D eigenvalue weighted by molar-refractivity contribution is 0.585. The first kappa shape index (κ1) is 12.3. The van der Waals surface area contributed by atoms with Crippen LogP contribution >= 0.6 is 0 Å². The molecular weight excluding hydrogens is 239 g/mol. The lowest BCUT2D eigenvalue weighted by Gasteiger charge is -2.07. The highest BCUT2D eigenvalue weighted by Crippen LogP contribution is 2.20. The third-order valence-corrected chi connectivity index (χ3v) is 3.43. The molecule has 1 aromatic carbocycles. The van der Waals surface area contributed by atoms with Crippen molar-refractivity contribution < 1.29 is 4.39 Å². The zero-order chi connectivity index (χ0) is 13.1. The van der Waals surface area contributed by atoms with E-state index in [2.05, 4.69) is 10.3 Å². The summed E-state index contributed by atoms with van der Waals surface area (Å²) in [7, 11) is 0. The molecule has 1 aliphatic carbocycles. The Morgan fingerprint density at radius 2 is 1.89 bits per heavy atom. The van der Waals surface area contributed by atoms with Crippen LogP contribution in [0.5, 0.6) is 0 Å². The number of rotatable bonds is 5. The Hall–Kier alpha value is -1.74. The second kappa shape index (κ2) is 5.49. The van der Waals surface area contributed by atoms with Crippen LogP contribution in [0.1, 0.15) is 29.5 Å². The maximum atomic E-state index is 14.0.